The number of carbonyl (C=O) groups excluding carboxylic acids is 2. The molecule has 0 spiro atoms. The first-order valence-corrected chi connectivity index (χ1v) is 15.0. The maximum absolute atomic E-state index is 14.9. The van der Waals surface area contributed by atoms with E-state index in [9.17, 15) is 14.0 Å². The zero-order chi connectivity index (χ0) is 30.8. The van der Waals surface area contributed by atoms with Crippen LogP contribution in [0.4, 0.5) is 15.9 Å². The van der Waals surface area contributed by atoms with Crippen LogP contribution in [0.15, 0.2) is 48.9 Å². The molecule has 13 heteroatoms. The first-order valence-electron chi connectivity index (χ1n) is 14.6. The van der Waals surface area contributed by atoms with Gasteiger partial charge in [0.1, 0.15) is 6.73 Å². The molecule has 0 bridgehead atoms. The number of imidazole rings is 1. The van der Waals surface area contributed by atoms with Crippen LogP contribution < -0.4 is 20.7 Å². The summed E-state index contributed by atoms with van der Waals surface area (Å²) in [5, 5.41) is 9.29. The van der Waals surface area contributed by atoms with Crippen LogP contribution >= 0.6 is 11.6 Å². The lowest BCUT2D eigenvalue weighted by atomic mass is 10.1. The quantitative estimate of drug-likeness (QED) is 0.255. The third kappa shape index (κ3) is 5.80. The molecule has 44 heavy (non-hydrogen) atoms. The molecule has 2 amide bonds. The third-order valence-electron chi connectivity index (χ3n) is 8.08. The molecule has 0 aliphatic carbocycles. The normalized spacial score (nSPS) is 16.9. The predicted octanol–water partition coefficient (Wildman–Crippen LogP) is 3.83. The number of nitrogens with zero attached hydrogens (tertiary/aromatic N) is 5. The van der Waals surface area contributed by atoms with E-state index >= 15 is 0 Å². The Labute approximate surface area is 259 Å². The average Bonchev–Trinajstić information content (AvgIpc) is 3.73. The molecule has 3 N–H and O–H groups in total. The largest absolute Gasteiger partial charge is 0.475 e. The van der Waals surface area contributed by atoms with Crippen LogP contribution in [0.5, 0.6) is 5.75 Å². The fourth-order valence-electron chi connectivity index (χ4n) is 5.73. The van der Waals surface area contributed by atoms with Crippen molar-refractivity contribution in [3.63, 3.8) is 0 Å². The van der Waals surface area contributed by atoms with E-state index in [1.165, 1.54) is 6.07 Å². The van der Waals surface area contributed by atoms with Gasteiger partial charge >= 0.3 is 0 Å². The first-order chi connectivity index (χ1) is 21.4. The van der Waals surface area contributed by atoms with Gasteiger partial charge in [0.15, 0.2) is 23.0 Å². The summed E-state index contributed by atoms with van der Waals surface area (Å²) in [5.74, 6) is -0.0245. The lowest BCUT2D eigenvalue weighted by Crippen LogP contribution is -2.54. The Kier molecular flexibility index (Phi) is 8.65. The highest BCUT2D eigenvalue weighted by molar-refractivity contribution is 6.33. The highest BCUT2D eigenvalue weighted by Crippen LogP contribution is 2.36. The van der Waals surface area contributed by atoms with Gasteiger partial charge in [-0.25, -0.2) is 14.4 Å². The number of anilines is 2. The molecule has 1 unspecified atom stereocenters. The number of aryl methyl sites for hydroxylation is 1. The van der Waals surface area contributed by atoms with E-state index in [0.29, 0.717) is 54.5 Å². The van der Waals surface area contributed by atoms with Crippen molar-refractivity contribution in [1.82, 2.24) is 34.8 Å². The van der Waals surface area contributed by atoms with Crippen LogP contribution in [0.2, 0.25) is 5.02 Å². The van der Waals surface area contributed by atoms with Crippen LogP contribution in [0, 0.1) is 12.7 Å². The van der Waals surface area contributed by atoms with E-state index < -0.39 is 5.82 Å². The van der Waals surface area contributed by atoms with Gasteiger partial charge in [0.05, 0.1) is 23.0 Å². The number of halogens is 2. The Bertz CT molecular complexity index is 1700. The summed E-state index contributed by atoms with van der Waals surface area (Å²) in [6.07, 6.45) is 6.85. The van der Waals surface area contributed by atoms with Crippen molar-refractivity contribution in [3.8, 4) is 17.0 Å². The van der Waals surface area contributed by atoms with Crippen molar-refractivity contribution in [2.75, 3.05) is 51.8 Å². The topological polar surface area (TPSA) is 116 Å². The van der Waals surface area contributed by atoms with Crippen LogP contribution in [-0.4, -0.2) is 88.5 Å². The predicted molar refractivity (Wildman–Crippen MR) is 166 cm³/mol. The molecule has 2 aromatic heterocycles. The monoisotopic (exact) mass is 620 g/mol. The van der Waals surface area contributed by atoms with E-state index in [-0.39, 0.29) is 35.4 Å². The second-order valence-electron chi connectivity index (χ2n) is 10.9. The van der Waals surface area contributed by atoms with Gasteiger partial charge in [-0.1, -0.05) is 11.6 Å². The zero-order valence-corrected chi connectivity index (χ0v) is 25.3. The average molecular weight is 621 g/mol. The number of carbonyl (C=O) groups is 2. The summed E-state index contributed by atoms with van der Waals surface area (Å²) in [4.78, 5) is 38.8. The molecule has 6 rings (SSSR count). The number of fused-ring (bicyclic) bond motifs is 1. The molecule has 2 fully saturated rings. The maximum Gasteiger partial charge on any atom is 0.254 e. The van der Waals surface area contributed by atoms with Gasteiger partial charge in [0.2, 0.25) is 5.91 Å². The summed E-state index contributed by atoms with van der Waals surface area (Å²) in [7, 11) is 1.70. The van der Waals surface area contributed by atoms with Gasteiger partial charge in [0, 0.05) is 55.4 Å². The van der Waals surface area contributed by atoms with Crippen LogP contribution in [0.1, 0.15) is 28.8 Å². The minimum Gasteiger partial charge on any atom is -0.475 e. The SMILES string of the molecule is CNCOc1ccc(-c2cnc3c(Nc4ccc(C(=O)N5CCN(C(=O)C6CCCN6)CC5)c(C)c4)nccn23)c(Cl)c1F. The Balaban J connectivity index is 1.16. The molecule has 0 saturated carbocycles. The Morgan fingerprint density at radius 1 is 1.14 bits per heavy atom. The molecule has 2 aromatic carbocycles. The molecule has 4 heterocycles. The summed E-state index contributed by atoms with van der Waals surface area (Å²) < 4.78 is 22.0. The van der Waals surface area contributed by atoms with Gasteiger partial charge in [-0.15, -0.1) is 0 Å². The number of hydrogen-bond donors (Lipinski definition) is 3. The molecule has 230 valence electrons. The van der Waals surface area contributed by atoms with Crippen molar-refractivity contribution in [3.05, 3.63) is 70.9 Å². The second kappa shape index (κ2) is 12.8. The zero-order valence-electron chi connectivity index (χ0n) is 24.6. The van der Waals surface area contributed by atoms with Crippen molar-refractivity contribution in [2.45, 2.75) is 25.8 Å². The molecule has 11 nitrogen and oxygen atoms in total. The Morgan fingerprint density at radius 3 is 2.66 bits per heavy atom. The van der Waals surface area contributed by atoms with Gasteiger partial charge < -0.3 is 25.2 Å². The second-order valence-corrected chi connectivity index (χ2v) is 11.3. The van der Waals surface area contributed by atoms with E-state index in [0.717, 1.165) is 30.6 Å². The molecule has 2 aliphatic heterocycles. The minimum atomic E-state index is -0.649. The smallest absolute Gasteiger partial charge is 0.254 e. The molecular formula is C31H34ClFN8O3. The van der Waals surface area contributed by atoms with Crippen LogP contribution in [0.3, 0.4) is 0 Å². The first kappa shape index (κ1) is 29.8. The van der Waals surface area contributed by atoms with Crippen LogP contribution in [-0.2, 0) is 4.79 Å². The molecule has 0 radical (unpaired) electrons. The number of piperazine rings is 1. The van der Waals surface area contributed by atoms with E-state index in [4.69, 9.17) is 16.3 Å². The van der Waals surface area contributed by atoms with Gasteiger partial charge in [0.25, 0.3) is 5.91 Å². The highest BCUT2D eigenvalue weighted by atomic mass is 35.5. The van der Waals surface area contributed by atoms with Crippen molar-refractivity contribution in [1.29, 1.82) is 0 Å². The fraction of sp³-hybridized carbons (Fsp3) is 0.355. The summed E-state index contributed by atoms with van der Waals surface area (Å²) in [6, 6.07) is 8.66. The molecule has 2 saturated heterocycles. The standard InChI is InChI=1S/C31H34ClFN8O3/c1-19-16-20(5-6-21(19)30(42)39-12-14-40(15-13-39)31(43)23-4-3-9-35-23)38-28-29-37-17-24(41(29)11-10-36-28)22-7-8-25(44-18-34-2)27(33)26(22)32/h5-8,10-11,16-17,23,34-35H,3-4,9,12-15,18H2,1-2H3,(H,36,38). The number of amides is 2. The van der Waals surface area contributed by atoms with Gasteiger partial charge in [-0.2, -0.15) is 0 Å². The number of ether oxygens (including phenoxy) is 1. The third-order valence-corrected chi connectivity index (χ3v) is 8.45. The van der Waals surface area contributed by atoms with E-state index in [1.807, 2.05) is 28.9 Å². The van der Waals surface area contributed by atoms with Crippen molar-refractivity contribution < 1.29 is 18.7 Å². The van der Waals surface area contributed by atoms with Crippen molar-refractivity contribution >= 4 is 40.6 Å². The van der Waals surface area contributed by atoms with Gasteiger partial charge in [-0.05, 0) is 69.3 Å². The van der Waals surface area contributed by atoms with E-state index in [2.05, 4.69) is 25.9 Å². The molecule has 2 aliphatic rings. The fourth-order valence-corrected chi connectivity index (χ4v) is 5.98. The van der Waals surface area contributed by atoms with Crippen LogP contribution in [0.25, 0.3) is 16.9 Å². The summed E-state index contributed by atoms with van der Waals surface area (Å²) in [5.41, 5.74) is 3.73. The minimum absolute atomic E-state index is 0.0512. The lowest BCUT2D eigenvalue weighted by molar-refractivity contribution is -0.134. The number of benzene rings is 2. The highest BCUT2D eigenvalue weighted by Gasteiger charge is 2.31. The molecular weight excluding hydrogens is 587 g/mol. The van der Waals surface area contributed by atoms with Crippen molar-refractivity contribution in [2.24, 2.45) is 0 Å². The Morgan fingerprint density at radius 2 is 1.93 bits per heavy atom. The number of nitrogens with one attached hydrogen (secondary N) is 3. The molecule has 4 aromatic rings. The number of aromatic nitrogens is 3. The summed E-state index contributed by atoms with van der Waals surface area (Å²) in [6.45, 7) is 5.01. The van der Waals surface area contributed by atoms with E-state index in [1.54, 1.807) is 42.2 Å². The molecule has 1 atom stereocenters. The Hall–Kier alpha value is -4.26. The summed E-state index contributed by atoms with van der Waals surface area (Å²) >= 11 is 6.40. The lowest BCUT2D eigenvalue weighted by Gasteiger charge is -2.36. The number of hydrogen-bond acceptors (Lipinski definition) is 8. The number of rotatable bonds is 8. The maximum atomic E-state index is 14.9. The van der Waals surface area contributed by atoms with Gasteiger partial charge in [-0.3, -0.25) is 19.3 Å².